The lowest BCUT2D eigenvalue weighted by atomic mass is 10.1. The lowest BCUT2D eigenvalue weighted by Crippen LogP contribution is -2.30. The molecule has 24 heavy (non-hydrogen) atoms. The summed E-state index contributed by atoms with van der Waals surface area (Å²) in [7, 11) is 1.65. The van der Waals surface area contributed by atoms with Crippen molar-refractivity contribution in [3.8, 4) is 5.75 Å². The number of carbonyl (C=O) groups is 1. The molecule has 0 spiro atoms. The summed E-state index contributed by atoms with van der Waals surface area (Å²) < 4.78 is 5.13. The van der Waals surface area contributed by atoms with E-state index in [4.69, 9.17) is 4.74 Å². The lowest BCUT2D eigenvalue weighted by Gasteiger charge is -2.10. The third-order valence-electron chi connectivity index (χ3n) is 3.90. The van der Waals surface area contributed by atoms with E-state index in [0.717, 1.165) is 34.2 Å². The summed E-state index contributed by atoms with van der Waals surface area (Å²) in [5, 5.41) is 7.95. The minimum Gasteiger partial charge on any atom is -0.497 e. The van der Waals surface area contributed by atoms with Crippen LogP contribution in [0.3, 0.4) is 0 Å². The number of methoxy groups -OCH3 is 1. The maximum absolute atomic E-state index is 12.1. The van der Waals surface area contributed by atoms with Gasteiger partial charge in [0.2, 0.25) is 0 Å². The zero-order chi connectivity index (χ0) is 16.8. The Morgan fingerprint density at radius 1 is 0.958 bits per heavy atom. The van der Waals surface area contributed by atoms with Gasteiger partial charge in [-0.05, 0) is 35.6 Å². The topological polar surface area (TPSA) is 50.4 Å². The van der Waals surface area contributed by atoms with E-state index in [1.807, 2.05) is 66.7 Å². The van der Waals surface area contributed by atoms with Gasteiger partial charge in [0, 0.05) is 11.9 Å². The van der Waals surface area contributed by atoms with Crippen molar-refractivity contribution in [2.75, 3.05) is 19.0 Å². The van der Waals surface area contributed by atoms with Gasteiger partial charge in [-0.2, -0.15) is 0 Å². The standard InChI is InChI=1S/C20H20N2O2/c1-24-17-11-9-15(10-12-17)13-14-21-20(23)22-19-8-4-6-16-5-2-3-7-18(16)19/h2-12H,13-14H2,1H3,(H2,21,22,23). The van der Waals surface area contributed by atoms with Gasteiger partial charge in [0.1, 0.15) is 5.75 Å². The van der Waals surface area contributed by atoms with Crippen LogP contribution in [0.1, 0.15) is 5.56 Å². The first-order chi connectivity index (χ1) is 11.8. The molecule has 0 aromatic heterocycles. The number of nitrogens with one attached hydrogen (secondary N) is 2. The van der Waals surface area contributed by atoms with E-state index < -0.39 is 0 Å². The molecule has 0 aliphatic heterocycles. The van der Waals surface area contributed by atoms with E-state index in [-0.39, 0.29) is 6.03 Å². The molecule has 0 fully saturated rings. The Balaban J connectivity index is 1.55. The third-order valence-corrected chi connectivity index (χ3v) is 3.90. The van der Waals surface area contributed by atoms with Crippen molar-refractivity contribution in [3.05, 3.63) is 72.3 Å². The fourth-order valence-electron chi connectivity index (χ4n) is 2.61. The number of rotatable bonds is 5. The van der Waals surface area contributed by atoms with Crippen LogP contribution in [0.2, 0.25) is 0 Å². The molecule has 0 aliphatic rings. The van der Waals surface area contributed by atoms with Crippen LogP contribution in [0, 0.1) is 0 Å². The predicted octanol–water partition coefficient (Wildman–Crippen LogP) is 4.21. The molecule has 0 atom stereocenters. The smallest absolute Gasteiger partial charge is 0.319 e. The van der Waals surface area contributed by atoms with Crippen LogP contribution in [-0.2, 0) is 6.42 Å². The fourth-order valence-corrected chi connectivity index (χ4v) is 2.61. The van der Waals surface area contributed by atoms with Gasteiger partial charge in [-0.1, -0.05) is 48.5 Å². The third kappa shape index (κ3) is 3.84. The zero-order valence-corrected chi connectivity index (χ0v) is 13.6. The summed E-state index contributed by atoms with van der Waals surface area (Å²) in [5.41, 5.74) is 1.97. The van der Waals surface area contributed by atoms with Crippen LogP contribution < -0.4 is 15.4 Å². The fraction of sp³-hybridized carbons (Fsp3) is 0.150. The molecule has 4 heteroatoms. The van der Waals surface area contributed by atoms with Crippen molar-refractivity contribution in [2.24, 2.45) is 0 Å². The lowest BCUT2D eigenvalue weighted by molar-refractivity contribution is 0.252. The molecule has 3 aromatic rings. The molecule has 2 N–H and O–H groups in total. The average Bonchev–Trinajstić information content (AvgIpc) is 2.63. The number of amides is 2. The highest BCUT2D eigenvalue weighted by molar-refractivity contribution is 6.01. The Kier molecular flexibility index (Phi) is 4.96. The van der Waals surface area contributed by atoms with Crippen LogP contribution in [0.4, 0.5) is 10.5 Å². The van der Waals surface area contributed by atoms with Gasteiger partial charge in [0.25, 0.3) is 0 Å². The normalized spacial score (nSPS) is 10.4. The second kappa shape index (κ2) is 7.51. The molecule has 0 bridgehead atoms. The Labute approximate surface area is 141 Å². The predicted molar refractivity (Wildman–Crippen MR) is 97.7 cm³/mol. The van der Waals surface area contributed by atoms with Crippen molar-refractivity contribution >= 4 is 22.5 Å². The molecule has 3 aromatic carbocycles. The summed E-state index contributed by atoms with van der Waals surface area (Å²) in [6.45, 7) is 0.572. The largest absolute Gasteiger partial charge is 0.497 e. The van der Waals surface area contributed by atoms with E-state index in [2.05, 4.69) is 10.6 Å². The van der Waals surface area contributed by atoms with Gasteiger partial charge >= 0.3 is 6.03 Å². The van der Waals surface area contributed by atoms with E-state index in [1.165, 1.54) is 0 Å². The number of hydrogen-bond acceptors (Lipinski definition) is 2. The molecule has 4 nitrogen and oxygen atoms in total. The van der Waals surface area contributed by atoms with E-state index >= 15 is 0 Å². The number of hydrogen-bond donors (Lipinski definition) is 2. The summed E-state index contributed by atoms with van der Waals surface area (Å²) >= 11 is 0. The van der Waals surface area contributed by atoms with Crippen LogP contribution >= 0.6 is 0 Å². The number of benzene rings is 3. The highest BCUT2D eigenvalue weighted by Gasteiger charge is 2.05. The highest BCUT2D eigenvalue weighted by atomic mass is 16.5. The highest BCUT2D eigenvalue weighted by Crippen LogP contribution is 2.22. The van der Waals surface area contributed by atoms with E-state index in [0.29, 0.717) is 6.54 Å². The minimum absolute atomic E-state index is 0.195. The van der Waals surface area contributed by atoms with Gasteiger partial charge in [-0.3, -0.25) is 0 Å². The maximum atomic E-state index is 12.1. The quantitative estimate of drug-likeness (QED) is 0.740. The second-order valence-electron chi connectivity index (χ2n) is 5.51. The summed E-state index contributed by atoms with van der Waals surface area (Å²) in [6, 6.07) is 21.5. The van der Waals surface area contributed by atoms with Gasteiger partial charge in [-0.15, -0.1) is 0 Å². The van der Waals surface area contributed by atoms with Gasteiger partial charge < -0.3 is 15.4 Å². The van der Waals surface area contributed by atoms with Crippen molar-refractivity contribution in [1.29, 1.82) is 0 Å². The van der Waals surface area contributed by atoms with Gasteiger partial charge in [0.15, 0.2) is 0 Å². The molecule has 3 rings (SSSR count). The van der Waals surface area contributed by atoms with Crippen LogP contribution in [0.25, 0.3) is 10.8 Å². The van der Waals surface area contributed by atoms with Crippen LogP contribution in [0.15, 0.2) is 66.7 Å². The van der Waals surface area contributed by atoms with E-state index in [1.54, 1.807) is 7.11 Å². The molecule has 0 aliphatic carbocycles. The van der Waals surface area contributed by atoms with Crippen molar-refractivity contribution in [3.63, 3.8) is 0 Å². The van der Waals surface area contributed by atoms with Crippen molar-refractivity contribution < 1.29 is 9.53 Å². The molecular formula is C20H20N2O2. The summed E-state index contributed by atoms with van der Waals surface area (Å²) in [6.07, 6.45) is 0.771. The number of anilines is 1. The van der Waals surface area contributed by atoms with Crippen molar-refractivity contribution in [1.82, 2.24) is 5.32 Å². The van der Waals surface area contributed by atoms with Crippen LogP contribution in [0.5, 0.6) is 5.75 Å². The van der Waals surface area contributed by atoms with Gasteiger partial charge in [0.05, 0.1) is 12.8 Å². The molecule has 0 saturated heterocycles. The SMILES string of the molecule is COc1ccc(CCNC(=O)Nc2cccc3ccccc23)cc1. The number of ether oxygens (including phenoxy) is 1. The zero-order valence-electron chi connectivity index (χ0n) is 13.6. The Hall–Kier alpha value is -3.01. The van der Waals surface area contributed by atoms with Gasteiger partial charge in [-0.25, -0.2) is 4.79 Å². The first-order valence-electron chi connectivity index (χ1n) is 7.92. The Morgan fingerprint density at radius 3 is 2.50 bits per heavy atom. The first kappa shape index (κ1) is 15.9. The second-order valence-corrected chi connectivity index (χ2v) is 5.51. The number of urea groups is 1. The summed E-state index contributed by atoms with van der Waals surface area (Å²) in [4.78, 5) is 12.1. The molecule has 0 unspecified atom stereocenters. The number of carbonyl (C=O) groups excluding carboxylic acids is 1. The van der Waals surface area contributed by atoms with Crippen LogP contribution in [-0.4, -0.2) is 19.7 Å². The molecule has 0 heterocycles. The number of fused-ring (bicyclic) bond motifs is 1. The molecule has 0 radical (unpaired) electrons. The summed E-state index contributed by atoms with van der Waals surface area (Å²) in [5.74, 6) is 0.834. The molecule has 0 saturated carbocycles. The monoisotopic (exact) mass is 320 g/mol. The molecule has 2 amide bonds. The van der Waals surface area contributed by atoms with E-state index in [9.17, 15) is 4.79 Å². The minimum atomic E-state index is -0.195. The molecule has 122 valence electrons. The van der Waals surface area contributed by atoms with Crippen molar-refractivity contribution in [2.45, 2.75) is 6.42 Å². The Bertz CT molecular complexity index is 823. The first-order valence-corrected chi connectivity index (χ1v) is 7.92. The average molecular weight is 320 g/mol. The maximum Gasteiger partial charge on any atom is 0.319 e. The Morgan fingerprint density at radius 2 is 1.71 bits per heavy atom. The molecular weight excluding hydrogens is 300 g/mol.